The zero-order valence-corrected chi connectivity index (χ0v) is 13.4. The summed E-state index contributed by atoms with van der Waals surface area (Å²) >= 11 is 0. The largest absolute Gasteiger partial charge is 0.417 e. The van der Waals surface area contributed by atoms with Crippen molar-refractivity contribution in [1.29, 1.82) is 0 Å². The van der Waals surface area contributed by atoms with E-state index in [-0.39, 0.29) is 0 Å². The Hall–Kier alpha value is -1.34. The molecule has 0 aromatic carbocycles. The molecule has 1 aromatic heterocycles. The van der Waals surface area contributed by atoms with E-state index in [9.17, 15) is 13.2 Å². The first-order valence-corrected chi connectivity index (χ1v) is 8.66. The Bertz CT molecular complexity index is 569. The standard InChI is InChI=1S/C17H22F3N3O/c18-17(19,20)11-1-2-16(21-10-11)23-6-3-12(4-7-23)22-14-9-15-13(14)5-8-24-15/h1-2,10,12-15,22H,3-9H2/t13-,14+,15+/m0/s1. The van der Waals surface area contributed by atoms with Crippen LogP contribution >= 0.6 is 0 Å². The van der Waals surface area contributed by atoms with Gasteiger partial charge in [-0.3, -0.25) is 0 Å². The van der Waals surface area contributed by atoms with E-state index >= 15 is 0 Å². The molecule has 132 valence electrons. The number of rotatable bonds is 3. The van der Waals surface area contributed by atoms with Gasteiger partial charge in [0.2, 0.25) is 0 Å². The van der Waals surface area contributed by atoms with Crippen molar-refractivity contribution in [3.05, 3.63) is 23.9 Å². The summed E-state index contributed by atoms with van der Waals surface area (Å²) in [5.41, 5.74) is -0.693. The van der Waals surface area contributed by atoms with Crippen molar-refractivity contribution in [2.75, 3.05) is 24.6 Å². The first-order valence-electron chi connectivity index (χ1n) is 8.66. The van der Waals surface area contributed by atoms with Crippen LogP contribution in [-0.2, 0) is 10.9 Å². The van der Waals surface area contributed by atoms with E-state index in [1.165, 1.54) is 6.07 Å². The van der Waals surface area contributed by atoms with E-state index in [2.05, 4.69) is 15.2 Å². The van der Waals surface area contributed by atoms with Crippen molar-refractivity contribution in [1.82, 2.24) is 10.3 Å². The number of anilines is 1. The van der Waals surface area contributed by atoms with Gasteiger partial charge in [0.25, 0.3) is 0 Å². The predicted octanol–water partition coefficient (Wildman–Crippen LogP) is 2.84. The molecule has 3 fully saturated rings. The first-order chi connectivity index (χ1) is 11.5. The van der Waals surface area contributed by atoms with E-state index in [1.54, 1.807) is 0 Å². The van der Waals surface area contributed by atoms with Crippen LogP contribution in [0.2, 0.25) is 0 Å². The third-order valence-corrected chi connectivity index (χ3v) is 5.61. The molecule has 3 atom stereocenters. The molecule has 0 amide bonds. The molecule has 3 aliphatic rings. The highest BCUT2D eigenvalue weighted by Crippen LogP contribution is 2.39. The maximum absolute atomic E-state index is 12.6. The van der Waals surface area contributed by atoms with Gasteiger partial charge >= 0.3 is 6.18 Å². The second-order valence-corrected chi connectivity index (χ2v) is 7.03. The van der Waals surface area contributed by atoms with Crippen molar-refractivity contribution < 1.29 is 17.9 Å². The van der Waals surface area contributed by atoms with Crippen LogP contribution in [0.5, 0.6) is 0 Å². The van der Waals surface area contributed by atoms with Gasteiger partial charge in [0.15, 0.2) is 0 Å². The fourth-order valence-electron chi connectivity index (χ4n) is 4.11. The van der Waals surface area contributed by atoms with Gasteiger partial charge < -0.3 is 15.0 Å². The molecule has 4 rings (SSSR count). The minimum atomic E-state index is -4.33. The van der Waals surface area contributed by atoms with E-state index in [4.69, 9.17) is 4.74 Å². The van der Waals surface area contributed by atoms with Crippen molar-refractivity contribution in [3.63, 3.8) is 0 Å². The van der Waals surface area contributed by atoms with Crippen LogP contribution in [0.15, 0.2) is 18.3 Å². The van der Waals surface area contributed by atoms with Crippen molar-refractivity contribution in [3.8, 4) is 0 Å². The lowest BCUT2D eigenvalue weighted by atomic mass is 9.75. The maximum Gasteiger partial charge on any atom is 0.417 e. The molecule has 1 N–H and O–H groups in total. The molecule has 1 aliphatic carbocycles. The van der Waals surface area contributed by atoms with Crippen LogP contribution in [0.1, 0.15) is 31.2 Å². The number of aromatic nitrogens is 1. The Morgan fingerprint density at radius 2 is 1.96 bits per heavy atom. The summed E-state index contributed by atoms with van der Waals surface area (Å²) in [5.74, 6) is 1.31. The van der Waals surface area contributed by atoms with Gasteiger partial charge in [-0.15, -0.1) is 0 Å². The van der Waals surface area contributed by atoms with Crippen molar-refractivity contribution in [2.24, 2.45) is 5.92 Å². The number of nitrogens with one attached hydrogen (secondary N) is 1. The zero-order valence-electron chi connectivity index (χ0n) is 13.4. The molecule has 0 bridgehead atoms. The molecular weight excluding hydrogens is 319 g/mol. The molecule has 0 spiro atoms. The molecule has 2 aliphatic heterocycles. The Morgan fingerprint density at radius 1 is 1.17 bits per heavy atom. The van der Waals surface area contributed by atoms with Crippen molar-refractivity contribution in [2.45, 2.75) is 50.0 Å². The second-order valence-electron chi connectivity index (χ2n) is 7.03. The van der Waals surface area contributed by atoms with E-state index in [0.717, 1.165) is 57.6 Å². The molecule has 0 radical (unpaired) electrons. The summed E-state index contributed by atoms with van der Waals surface area (Å²) in [6, 6.07) is 3.66. The third-order valence-electron chi connectivity index (χ3n) is 5.61. The normalized spacial score (nSPS) is 31.0. The van der Waals surface area contributed by atoms with Crippen LogP contribution in [0.4, 0.5) is 19.0 Å². The van der Waals surface area contributed by atoms with Crippen LogP contribution in [0.25, 0.3) is 0 Å². The number of hydrogen-bond acceptors (Lipinski definition) is 4. The Labute approximate surface area is 139 Å². The summed E-state index contributed by atoms with van der Waals surface area (Å²) in [7, 11) is 0. The lowest BCUT2D eigenvalue weighted by Crippen LogP contribution is -2.56. The highest BCUT2D eigenvalue weighted by Gasteiger charge is 2.45. The smallest absolute Gasteiger partial charge is 0.378 e. The molecule has 3 heterocycles. The number of halogens is 3. The van der Waals surface area contributed by atoms with Crippen LogP contribution in [-0.4, -0.2) is 42.9 Å². The number of pyridine rings is 1. The van der Waals surface area contributed by atoms with Gasteiger partial charge in [-0.05, 0) is 37.8 Å². The zero-order chi connectivity index (χ0) is 16.7. The number of fused-ring (bicyclic) bond motifs is 1. The molecular formula is C17H22F3N3O. The Balaban J connectivity index is 1.28. The van der Waals surface area contributed by atoms with Gasteiger partial charge in [0.05, 0.1) is 11.7 Å². The van der Waals surface area contributed by atoms with Crippen LogP contribution in [0.3, 0.4) is 0 Å². The lowest BCUT2D eigenvalue weighted by molar-refractivity contribution is -0.137. The quantitative estimate of drug-likeness (QED) is 0.917. The summed E-state index contributed by atoms with van der Waals surface area (Å²) < 4.78 is 43.4. The number of hydrogen-bond donors (Lipinski definition) is 1. The highest BCUT2D eigenvalue weighted by molar-refractivity contribution is 5.40. The molecule has 1 saturated carbocycles. The molecule has 2 saturated heterocycles. The number of alkyl halides is 3. The molecule has 0 unspecified atom stereocenters. The minimum Gasteiger partial charge on any atom is -0.378 e. The van der Waals surface area contributed by atoms with E-state index < -0.39 is 11.7 Å². The van der Waals surface area contributed by atoms with Crippen LogP contribution in [0, 0.1) is 5.92 Å². The predicted molar refractivity (Wildman–Crippen MR) is 83.9 cm³/mol. The van der Waals surface area contributed by atoms with E-state index in [0.29, 0.717) is 29.9 Å². The lowest BCUT2D eigenvalue weighted by Gasteiger charge is -2.43. The van der Waals surface area contributed by atoms with Gasteiger partial charge in [0, 0.05) is 43.9 Å². The highest BCUT2D eigenvalue weighted by atomic mass is 19.4. The molecule has 7 heteroatoms. The fourth-order valence-corrected chi connectivity index (χ4v) is 4.11. The third kappa shape index (κ3) is 3.11. The van der Waals surface area contributed by atoms with Gasteiger partial charge in [-0.2, -0.15) is 13.2 Å². The molecule has 24 heavy (non-hydrogen) atoms. The minimum absolute atomic E-state index is 0.471. The van der Waals surface area contributed by atoms with Gasteiger partial charge in [-0.25, -0.2) is 4.98 Å². The number of nitrogens with zero attached hydrogens (tertiary/aromatic N) is 2. The summed E-state index contributed by atoms with van der Waals surface area (Å²) in [6.07, 6.45) is 1.34. The average molecular weight is 341 g/mol. The monoisotopic (exact) mass is 341 g/mol. The maximum atomic E-state index is 12.6. The first kappa shape index (κ1) is 16.1. The number of piperidine rings is 1. The Kier molecular flexibility index (Phi) is 4.16. The summed E-state index contributed by atoms with van der Waals surface area (Å²) in [4.78, 5) is 6.06. The second kappa shape index (κ2) is 6.19. The molecule has 4 nitrogen and oxygen atoms in total. The summed E-state index contributed by atoms with van der Waals surface area (Å²) in [5, 5.41) is 3.75. The van der Waals surface area contributed by atoms with Crippen LogP contribution < -0.4 is 10.2 Å². The number of ether oxygens (including phenoxy) is 1. The van der Waals surface area contributed by atoms with Gasteiger partial charge in [-0.1, -0.05) is 0 Å². The summed E-state index contributed by atoms with van der Waals surface area (Å²) in [6.45, 7) is 2.55. The van der Waals surface area contributed by atoms with E-state index in [1.807, 2.05) is 0 Å². The average Bonchev–Trinajstić information content (AvgIpc) is 2.94. The SMILES string of the molecule is FC(F)(F)c1ccc(N2CCC(N[C@@H]3C[C@H]4OCC[C@@H]34)CC2)nc1. The Morgan fingerprint density at radius 3 is 2.58 bits per heavy atom. The fraction of sp³-hybridized carbons (Fsp3) is 0.706. The molecule has 1 aromatic rings. The van der Waals surface area contributed by atoms with Gasteiger partial charge in [0.1, 0.15) is 5.82 Å². The topological polar surface area (TPSA) is 37.4 Å². The van der Waals surface area contributed by atoms with Crippen molar-refractivity contribution >= 4 is 5.82 Å².